The van der Waals surface area contributed by atoms with E-state index in [0.29, 0.717) is 10.0 Å². The molecular weight excluding hydrogens is 326 g/mol. The zero-order valence-corrected chi connectivity index (χ0v) is 13.7. The summed E-state index contributed by atoms with van der Waals surface area (Å²) in [6.07, 6.45) is 0. The van der Waals surface area contributed by atoms with Crippen LogP contribution in [0.25, 0.3) is 10.2 Å². The van der Waals surface area contributed by atoms with Crippen LogP contribution < -0.4 is 11.1 Å². The zero-order chi connectivity index (χ0) is 15.1. The third-order valence-electron chi connectivity index (χ3n) is 3.04. The number of fused-ring (bicyclic) bond motifs is 1. The molecule has 0 bridgehead atoms. The van der Waals surface area contributed by atoms with Gasteiger partial charge in [0.05, 0.1) is 21.5 Å². The minimum absolute atomic E-state index is 0.312. The van der Waals surface area contributed by atoms with Gasteiger partial charge in [-0.2, -0.15) is 5.10 Å². The second-order valence-electron chi connectivity index (χ2n) is 4.55. The van der Waals surface area contributed by atoms with Gasteiger partial charge in [-0.25, -0.2) is 4.98 Å². The number of thiocarbonyl (C=S) groups is 1. The second-order valence-corrected chi connectivity index (χ2v) is 6.46. The third kappa shape index (κ3) is 2.59. The molecule has 5 nitrogen and oxygen atoms in total. The fourth-order valence-electron chi connectivity index (χ4n) is 2.15. The van der Waals surface area contributed by atoms with Crippen LogP contribution in [0.3, 0.4) is 0 Å². The number of hydrogen-bond donors (Lipinski definition) is 2. The van der Waals surface area contributed by atoms with Crippen LogP contribution in [-0.4, -0.2) is 19.8 Å². The molecular formula is C13H12ClN5S2. The Hall–Kier alpha value is -1.70. The molecule has 0 fully saturated rings. The van der Waals surface area contributed by atoms with E-state index < -0.39 is 0 Å². The SMILES string of the molecule is Cc1nn(C)c(Nc2nc3ccc(Cl)cc3s2)c1C(N)=S. The average Bonchev–Trinajstić information content (AvgIpc) is 2.90. The summed E-state index contributed by atoms with van der Waals surface area (Å²) < 4.78 is 2.73. The highest BCUT2D eigenvalue weighted by Crippen LogP contribution is 2.31. The van der Waals surface area contributed by atoms with E-state index >= 15 is 0 Å². The highest BCUT2D eigenvalue weighted by atomic mass is 35.5. The van der Waals surface area contributed by atoms with Crippen molar-refractivity contribution in [2.24, 2.45) is 12.8 Å². The number of anilines is 2. The van der Waals surface area contributed by atoms with E-state index in [1.807, 2.05) is 32.2 Å². The third-order valence-corrected chi connectivity index (χ3v) is 4.42. The van der Waals surface area contributed by atoms with Crippen molar-refractivity contribution in [2.45, 2.75) is 6.92 Å². The number of nitrogens with one attached hydrogen (secondary N) is 1. The van der Waals surface area contributed by atoms with Gasteiger partial charge in [-0.1, -0.05) is 35.2 Å². The summed E-state index contributed by atoms with van der Waals surface area (Å²) in [6.45, 7) is 1.87. The highest BCUT2D eigenvalue weighted by Gasteiger charge is 2.17. The Labute approximate surface area is 135 Å². The van der Waals surface area contributed by atoms with Gasteiger partial charge in [0.2, 0.25) is 0 Å². The Balaban J connectivity index is 2.04. The van der Waals surface area contributed by atoms with E-state index in [1.54, 1.807) is 4.68 Å². The highest BCUT2D eigenvalue weighted by molar-refractivity contribution is 7.80. The predicted molar refractivity (Wildman–Crippen MR) is 91.7 cm³/mol. The molecule has 3 N–H and O–H groups in total. The Morgan fingerprint density at radius 2 is 2.24 bits per heavy atom. The lowest BCUT2D eigenvalue weighted by atomic mass is 10.2. The standard InChI is InChI=1S/C13H12ClN5S2/c1-6-10(11(15)20)12(19(2)18-6)17-13-16-8-4-3-7(14)5-9(8)21-13/h3-5H,1-2H3,(H2,15,20)(H,16,17). The first-order valence-electron chi connectivity index (χ1n) is 6.12. The van der Waals surface area contributed by atoms with Gasteiger partial charge in [0, 0.05) is 12.1 Å². The van der Waals surface area contributed by atoms with Crippen molar-refractivity contribution < 1.29 is 0 Å². The van der Waals surface area contributed by atoms with Crippen molar-refractivity contribution in [3.05, 3.63) is 34.5 Å². The summed E-state index contributed by atoms with van der Waals surface area (Å²) in [4.78, 5) is 4.84. The summed E-state index contributed by atoms with van der Waals surface area (Å²) in [5.41, 5.74) is 8.20. The van der Waals surface area contributed by atoms with Gasteiger partial charge in [-0.3, -0.25) is 4.68 Å². The van der Waals surface area contributed by atoms with E-state index in [-0.39, 0.29) is 0 Å². The van der Waals surface area contributed by atoms with Crippen LogP contribution in [0.15, 0.2) is 18.2 Å². The monoisotopic (exact) mass is 337 g/mol. The number of thiazole rings is 1. The van der Waals surface area contributed by atoms with Crippen LogP contribution in [0.5, 0.6) is 0 Å². The molecule has 0 aliphatic heterocycles. The lowest BCUT2D eigenvalue weighted by Gasteiger charge is -2.05. The van der Waals surface area contributed by atoms with Gasteiger partial charge in [0.15, 0.2) is 5.13 Å². The van der Waals surface area contributed by atoms with Gasteiger partial charge in [-0.15, -0.1) is 0 Å². The zero-order valence-electron chi connectivity index (χ0n) is 11.3. The summed E-state index contributed by atoms with van der Waals surface area (Å²) in [5.74, 6) is 0.741. The number of aryl methyl sites for hydroxylation is 2. The van der Waals surface area contributed by atoms with Gasteiger partial charge in [0.1, 0.15) is 10.8 Å². The lowest BCUT2D eigenvalue weighted by molar-refractivity contribution is 0.765. The van der Waals surface area contributed by atoms with E-state index in [1.165, 1.54) is 11.3 Å². The smallest absolute Gasteiger partial charge is 0.189 e. The number of benzene rings is 1. The van der Waals surface area contributed by atoms with Crippen LogP contribution in [0, 0.1) is 6.92 Å². The van der Waals surface area contributed by atoms with Crippen LogP contribution in [0.2, 0.25) is 5.02 Å². The quantitative estimate of drug-likeness (QED) is 0.717. The normalized spacial score (nSPS) is 11.0. The average molecular weight is 338 g/mol. The molecule has 0 aliphatic carbocycles. The largest absolute Gasteiger partial charge is 0.389 e. The number of nitrogens with two attached hydrogens (primary N) is 1. The molecule has 0 radical (unpaired) electrons. The van der Waals surface area contributed by atoms with Crippen molar-refractivity contribution in [3.63, 3.8) is 0 Å². The van der Waals surface area contributed by atoms with Crippen molar-refractivity contribution in [2.75, 3.05) is 5.32 Å². The Kier molecular flexibility index (Phi) is 3.56. The maximum atomic E-state index is 5.99. The fraction of sp³-hybridized carbons (Fsp3) is 0.154. The molecule has 108 valence electrons. The number of halogens is 1. The molecule has 0 saturated carbocycles. The van der Waals surface area contributed by atoms with Crippen molar-refractivity contribution in [1.82, 2.24) is 14.8 Å². The molecule has 3 rings (SSSR count). The molecule has 2 heterocycles. The summed E-state index contributed by atoms with van der Waals surface area (Å²) >= 11 is 12.6. The number of hydrogen-bond acceptors (Lipinski definition) is 5. The number of rotatable bonds is 3. The van der Waals surface area contributed by atoms with Crippen LogP contribution in [0.1, 0.15) is 11.3 Å². The van der Waals surface area contributed by atoms with Crippen LogP contribution >= 0.6 is 35.2 Å². The summed E-state index contributed by atoms with van der Waals surface area (Å²) in [5, 5.41) is 9.02. The van der Waals surface area contributed by atoms with Crippen LogP contribution in [0.4, 0.5) is 10.9 Å². The van der Waals surface area contributed by atoms with E-state index in [0.717, 1.165) is 32.4 Å². The van der Waals surface area contributed by atoms with Gasteiger partial charge < -0.3 is 11.1 Å². The van der Waals surface area contributed by atoms with Crippen molar-refractivity contribution in [3.8, 4) is 0 Å². The second kappa shape index (κ2) is 5.25. The summed E-state index contributed by atoms with van der Waals surface area (Å²) in [7, 11) is 1.83. The maximum absolute atomic E-state index is 5.99. The minimum Gasteiger partial charge on any atom is -0.389 e. The molecule has 0 spiro atoms. The molecule has 21 heavy (non-hydrogen) atoms. The van der Waals surface area contributed by atoms with Crippen LogP contribution in [-0.2, 0) is 7.05 Å². The molecule has 0 unspecified atom stereocenters. The van der Waals surface area contributed by atoms with E-state index in [9.17, 15) is 0 Å². The van der Waals surface area contributed by atoms with Gasteiger partial charge in [-0.05, 0) is 25.1 Å². The maximum Gasteiger partial charge on any atom is 0.189 e. The molecule has 0 saturated heterocycles. The molecule has 8 heteroatoms. The number of nitrogens with zero attached hydrogens (tertiary/aromatic N) is 3. The molecule has 0 atom stereocenters. The molecule has 0 amide bonds. The topological polar surface area (TPSA) is 68.8 Å². The summed E-state index contributed by atoms with van der Waals surface area (Å²) in [6, 6.07) is 5.60. The first kappa shape index (κ1) is 14.2. The Morgan fingerprint density at radius 3 is 2.95 bits per heavy atom. The molecule has 0 aliphatic rings. The Bertz CT molecular complexity index is 852. The Morgan fingerprint density at radius 1 is 1.48 bits per heavy atom. The first-order chi connectivity index (χ1) is 9.95. The minimum atomic E-state index is 0.312. The molecule has 3 aromatic rings. The molecule has 2 aromatic heterocycles. The lowest BCUT2D eigenvalue weighted by Crippen LogP contribution is -2.12. The van der Waals surface area contributed by atoms with Crippen molar-refractivity contribution >= 4 is 61.3 Å². The van der Waals surface area contributed by atoms with E-state index in [2.05, 4.69) is 15.4 Å². The molecule has 1 aromatic carbocycles. The fourth-order valence-corrected chi connectivity index (χ4v) is 3.54. The van der Waals surface area contributed by atoms with Crippen molar-refractivity contribution in [1.29, 1.82) is 0 Å². The van der Waals surface area contributed by atoms with Gasteiger partial charge in [0.25, 0.3) is 0 Å². The van der Waals surface area contributed by atoms with E-state index in [4.69, 9.17) is 29.6 Å². The number of aromatic nitrogens is 3. The van der Waals surface area contributed by atoms with Gasteiger partial charge >= 0.3 is 0 Å². The first-order valence-corrected chi connectivity index (χ1v) is 7.72. The predicted octanol–water partition coefficient (Wildman–Crippen LogP) is 3.37.